The Kier molecular flexibility index (Phi) is 8.19. The molecule has 4 nitrogen and oxygen atoms in total. The predicted octanol–water partition coefficient (Wildman–Crippen LogP) is 17.2. The third-order valence-corrected chi connectivity index (χ3v) is 17.6. The summed E-state index contributed by atoms with van der Waals surface area (Å²) in [5, 5.41) is 6.97. The highest BCUT2D eigenvalue weighted by Gasteiger charge is 2.48. The van der Waals surface area contributed by atoms with E-state index in [0.717, 1.165) is 67.5 Å². The average Bonchev–Trinajstić information content (AvgIpc) is 4.03. The van der Waals surface area contributed by atoms with Gasteiger partial charge in [-0.15, -0.1) is 0 Å². The third kappa shape index (κ3) is 5.63. The van der Waals surface area contributed by atoms with Gasteiger partial charge in [-0.25, -0.2) is 0 Å². The number of benzene rings is 10. The molecule has 5 heteroatoms. The molecule has 0 radical (unpaired) electrons. The van der Waals surface area contributed by atoms with E-state index in [1.165, 1.54) is 107 Å². The first-order valence-electron chi connectivity index (χ1n) is 26.1. The molecule has 2 aliphatic carbocycles. The molecule has 0 saturated heterocycles. The van der Waals surface area contributed by atoms with Gasteiger partial charge in [-0.3, -0.25) is 0 Å². The molecule has 348 valence electrons. The van der Waals surface area contributed by atoms with Crippen LogP contribution < -0.4 is 20.6 Å². The number of aryl methyl sites for hydroxylation is 2. The Hall–Kier alpha value is -8.28. The highest BCUT2D eigenvalue weighted by atomic mass is 16.3. The van der Waals surface area contributed by atoms with Crippen molar-refractivity contribution in [3.05, 3.63) is 210 Å². The SMILES string of the molecule is Cc1cc(-c2ccccc2)ccc1N1c2cc3oc4cc5c(cc4c3cc2B2c3c1cc1c(oc4ccccc41)c3-c1cc3ccccc3cc1N2c1ccc2c(c1)C(C)(C)c1ccccc1-2)CCCC5(C)C. The molecule has 0 fully saturated rings. The molecule has 0 spiro atoms. The van der Waals surface area contributed by atoms with Crippen LogP contribution in [0.15, 0.2) is 191 Å². The van der Waals surface area contributed by atoms with Gasteiger partial charge in [0.1, 0.15) is 22.3 Å². The molecule has 0 saturated carbocycles. The normalized spacial score (nSPS) is 15.7. The Balaban J connectivity index is 1.05. The van der Waals surface area contributed by atoms with E-state index in [1.54, 1.807) is 0 Å². The number of hydrogen-bond acceptors (Lipinski definition) is 4. The minimum absolute atomic E-state index is 0.0886. The van der Waals surface area contributed by atoms with E-state index in [0.29, 0.717) is 0 Å². The summed E-state index contributed by atoms with van der Waals surface area (Å²) in [5.41, 5.74) is 25.9. The summed E-state index contributed by atoms with van der Waals surface area (Å²) in [6, 6.07) is 68.5. The molecule has 10 aromatic carbocycles. The van der Waals surface area contributed by atoms with Crippen LogP contribution in [0, 0.1) is 6.92 Å². The average molecular weight is 939 g/mol. The Labute approximate surface area is 425 Å². The second-order valence-electron chi connectivity index (χ2n) is 22.5. The summed E-state index contributed by atoms with van der Waals surface area (Å²) in [6.07, 6.45) is 3.45. The summed E-state index contributed by atoms with van der Waals surface area (Å²) >= 11 is 0. The highest BCUT2D eigenvalue weighted by molar-refractivity contribution is 6.94. The van der Waals surface area contributed by atoms with Crippen LogP contribution in [0.3, 0.4) is 0 Å². The molecule has 2 aliphatic heterocycles. The molecule has 0 bridgehead atoms. The van der Waals surface area contributed by atoms with Gasteiger partial charge in [0.2, 0.25) is 0 Å². The second kappa shape index (κ2) is 14.4. The third-order valence-electron chi connectivity index (χ3n) is 17.6. The van der Waals surface area contributed by atoms with Gasteiger partial charge in [-0.2, -0.15) is 0 Å². The quantitative estimate of drug-likeness (QED) is 0.165. The molecule has 4 heterocycles. The van der Waals surface area contributed by atoms with Crippen molar-refractivity contribution in [1.82, 2.24) is 0 Å². The summed E-state index contributed by atoms with van der Waals surface area (Å²) < 4.78 is 14.4. The summed E-state index contributed by atoms with van der Waals surface area (Å²) in [7, 11) is 0. The summed E-state index contributed by atoms with van der Waals surface area (Å²) in [5.74, 6) is 0. The fraction of sp³-hybridized carbons (Fsp3) is 0.147. The van der Waals surface area contributed by atoms with E-state index in [4.69, 9.17) is 8.83 Å². The summed E-state index contributed by atoms with van der Waals surface area (Å²) in [6.45, 7) is 11.6. The lowest BCUT2D eigenvalue weighted by Crippen LogP contribution is -2.61. The van der Waals surface area contributed by atoms with E-state index in [1.807, 2.05) is 0 Å². The standard InChI is InChI=1S/C68H51BN2O2/c1-39-30-43(40-16-7-6-8-17-40)25-28-57(39)70-59-38-63-50(49-32-44-20-15-29-67(2,3)54(44)37-62(49)72-63)35-56(59)69-65-60(70)36-51-48-22-12-14-24-61(48)73-66(51)64(65)52-31-41-18-9-10-19-42(41)33-58(52)71(69)45-26-27-47-46-21-11-13-23-53(46)68(4,5)55(47)34-45/h6-14,16-19,21-28,30-38H,15,20,29H2,1-5H3. The number of para-hydroxylation sites is 1. The van der Waals surface area contributed by atoms with Crippen molar-refractivity contribution in [2.45, 2.75) is 64.7 Å². The first kappa shape index (κ1) is 41.4. The van der Waals surface area contributed by atoms with Crippen LogP contribution in [0.4, 0.5) is 28.4 Å². The fourth-order valence-electron chi connectivity index (χ4n) is 14.0. The van der Waals surface area contributed by atoms with Crippen LogP contribution in [0.1, 0.15) is 68.4 Å². The summed E-state index contributed by atoms with van der Waals surface area (Å²) in [4.78, 5) is 5.24. The number of anilines is 5. The van der Waals surface area contributed by atoms with Crippen molar-refractivity contribution >= 4 is 101 Å². The molecule has 16 rings (SSSR count). The van der Waals surface area contributed by atoms with Crippen molar-refractivity contribution in [3.63, 3.8) is 0 Å². The lowest BCUT2D eigenvalue weighted by Gasteiger charge is -2.46. The van der Waals surface area contributed by atoms with Crippen molar-refractivity contribution in [2.24, 2.45) is 0 Å². The zero-order chi connectivity index (χ0) is 48.6. The van der Waals surface area contributed by atoms with E-state index in [9.17, 15) is 0 Å². The number of nitrogens with zero attached hydrogens (tertiary/aromatic N) is 2. The van der Waals surface area contributed by atoms with E-state index < -0.39 is 0 Å². The smallest absolute Gasteiger partial charge is 0.333 e. The van der Waals surface area contributed by atoms with Gasteiger partial charge >= 0.3 is 6.85 Å². The molecule has 12 aromatic rings. The van der Waals surface area contributed by atoms with E-state index in [2.05, 4.69) is 226 Å². The number of furan rings is 2. The second-order valence-corrected chi connectivity index (χ2v) is 22.5. The van der Waals surface area contributed by atoms with Gasteiger partial charge in [0.15, 0.2) is 0 Å². The minimum Gasteiger partial charge on any atom is -0.456 e. The molecule has 0 amide bonds. The van der Waals surface area contributed by atoms with Crippen LogP contribution in [0.5, 0.6) is 0 Å². The molecule has 0 N–H and O–H groups in total. The Morgan fingerprint density at radius 2 is 1.25 bits per heavy atom. The fourth-order valence-corrected chi connectivity index (χ4v) is 14.0. The molecule has 0 atom stereocenters. The Bertz CT molecular complexity index is 4400. The largest absolute Gasteiger partial charge is 0.456 e. The predicted molar refractivity (Wildman–Crippen MR) is 306 cm³/mol. The maximum absolute atomic E-state index is 7.21. The Morgan fingerprint density at radius 1 is 0.493 bits per heavy atom. The number of hydrogen-bond donors (Lipinski definition) is 0. The first-order valence-corrected chi connectivity index (χ1v) is 26.1. The van der Waals surface area contributed by atoms with Gasteiger partial charge in [0.05, 0.1) is 0 Å². The molecule has 4 aliphatic rings. The first-order chi connectivity index (χ1) is 35.6. The van der Waals surface area contributed by atoms with Crippen LogP contribution in [-0.4, -0.2) is 6.85 Å². The zero-order valence-corrected chi connectivity index (χ0v) is 41.7. The van der Waals surface area contributed by atoms with Gasteiger partial charge in [-0.1, -0.05) is 143 Å². The lowest BCUT2D eigenvalue weighted by atomic mass is 9.43. The number of rotatable bonds is 3. The Morgan fingerprint density at radius 3 is 2.11 bits per heavy atom. The van der Waals surface area contributed by atoms with Gasteiger partial charge in [0, 0.05) is 72.6 Å². The van der Waals surface area contributed by atoms with Gasteiger partial charge < -0.3 is 18.5 Å². The maximum atomic E-state index is 7.21. The maximum Gasteiger partial charge on any atom is 0.333 e. The van der Waals surface area contributed by atoms with E-state index in [-0.39, 0.29) is 17.7 Å². The highest BCUT2D eigenvalue weighted by Crippen LogP contribution is 2.55. The number of fused-ring (bicyclic) bond motifs is 16. The van der Waals surface area contributed by atoms with Crippen molar-refractivity contribution < 1.29 is 8.83 Å². The van der Waals surface area contributed by atoms with E-state index >= 15 is 0 Å². The molecular weight excluding hydrogens is 888 g/mol. The van der Waals surface area contributed by atoms with Crippen molar-refractivity contribution in [3.8, 4) is 33.4 Å². The van der Waals surface area contributed by atoms with Crippen LogP contribution in [0.25, 0.3) is 88.0 Å². The zero-order valence-electron chi connectivity index (χ0n) is 41.7. The monoisotopic (exact) mass is 938 g/mol. The van der Waals surface area contributed by atoms with Crippen LogP contribution in [-0.2, 0) is 17.3 Å². The molecular formula is C68H51BN2O2. The molecule has 0 unspecified atom stereocenters. The van der Waals surface area contributed by atoms with Gasteiger partial charge in [0.25, 0.3) is 0 Å². The van der Waals surface area contributed by atoms with Gasteiger partial charge in [-0.05, 0) is 164 Å². The van der Waals surface area contributed by atoms with Crippen LogP contribution in [0.2, 0.25) is 0 Å². The lowest BCUT2D eigenvalue weighted by molar-refractivity contribution is 0.432. The van der Waals surface area contributed by atoms with Crippen molar-refractivity contribution in [1.29, 1.82) is 0 Å². The minimum atomic E-state index is -0.248. The van der Waals surface area contributed by atoms with Crippen LogP contribution >= 0.6 is 0 Å². The van der Waals surface area contributed by atoms with Crippen molar-refractivity contribution in [2.75, 3.05) is 9.71 Å². The molecule has 73 heavy (non-hydrogen) atoms. The molecule has 2 aromatic heterocycles. The topological polar surface area (TPSA) is 32.8 Å².